The zero-order valence-electron chi connectivity index (χ0n) is 8.52. The van der Waals surface area contributed by atoms with Gasteiger partial charge >= 0.3 is 0 Å². The van der Waals surface area contributed by atoms with Crippen LogP contribution in [0.4, 0.5) is 0 Å². The number of halogens is 1. The fourth-order valence-electron chi connectivity index (χ4n) is 1.54. The van der Waals surface area contributed by atoms with Crippen molar-refractivity contribution in [1.82, 2.24) is 9.97 Å². The Morgan fingerprint density at radius 3 is 2.53 bits per heavy atom. The molecule has 0 fully saturated rings. The van der Waals surface area contributed by atoms with Crippen LogP contribution >= 0.6 is 12.4 Å². The van der Waals surface area contributed by atoms with Gasteiger partial charge in [-0.2, -0.15) is 0 Å². The van der Waals surface area contributed by atoms with Gasteiger partial charge in [0.2, 0.25) is 0 Å². The molecule has 0 aliphatic heterocycles. The molecule has 0 radical (unpaired) electrons. The molecule has 2 nitrogen and oxygen atoms in total. The van der Waals surface area contributed by atoms with Crippen molar-refractivity contribution in [3.8, 4) is 0 Å². The maximum Gasteiger partial charge on any atom is 0.106 e. The summed E-state index contributed by atoms with van der Waals surface area (Å²) in [6, 6.07) is 10.6. The van der Waals surface area contributed by atoms with Gasteiger partial charge in [-0.15, -0.1) is 12.4 Å². The molecule has 0 unspecified atom stereocenters. The van der Waals surface area contributed by atoms with Crippen molar-refractivity contribution in [3.63, 3.8) is 0 Å². The number of benzene rings is 1. The van der Waals surface area contributed by atoms with E-state index in [0.717, 1.165) is 25.1 Å². The summed E-state index contributed by atoms with van der Waals surface area (Å²) in [6.45, 7) is 0. The van der Waals surface area contributed by atoms with Crippen molar-refractivity contribution in [1.29, 1.82) is 0 Å². The van der Waals surface area contributed by atoms with E-state index >= 15 is 0 Å². The van der Waals surface area contributed by atoms with Crippen molar-refractivity contribution in [2.75, 3.05) is 0 Å². The van der Waals surface area contributed by atoms with Crippen molar-refractivity contribution in [2.45, 2.75) is 19.3 Å². The van der Waals surface area contributed by atoms with E-state index < -0.39 is 0 Å². The molecule has 0 aliphatic carbocycles. The Balaban J connectivity index is 0.00000112. The first-order valence-electron chi connectivity index (χ1n) is 4.97. The monoisotopic (exact) mass is 222 g/mol. The first kappa shape index (κ1) is 11.8. The van der Waals surface area contributed by atoms with Crippen molar-refractivity contribution in [3.05, 3.63) is 54.1 Å². The third-order valence-electron chi connectivity index (χ3n) is 2.28. The van der Waals surface area contributed by atoms with Crippen LogP contribution in [0.2, 0.25) is 0 Å². The minimum atomic E-state index is 0. The fraction of sp³-hybridized carbons (Fsp3) is 0.250. The van der Waals surface area contributed by atoms with Crippen molar-refractivity contribution < 1.29 is 0 Å². The number of H-pyrrole nitrogens is 1. The maximum absolute atomic E-state index is 4.19. The lowest BCUT2D eigenvalue weighted by atomic mass is 10.1. The Bertz CT molecular complexity index is 356. The average molecular weight is 223 g/mol. The molecular formula is C12H15ClN2. The first-order chi connectivity index (χ1) is 6.95. The van der Waals surface area contributed by atoms with Crippen LogP contribution in [0.1, 0.15) is 17.8 Å². The third kappa shape index (κ3) is 3.76. The molecule has 0 amide bonds. The number of hydrogen-bond acceptors (Lipinski definition) is 1. The molecule has 2 aromatic rings. The summed E-state index contributed by atoms with van der Waals surface area (Å²) in [5.74, 6) is 1.08. The van der Waals surface area contributed by atoms with Gasteiger partial charge in [-0.1, -0.05) is 30.3 Å². The number of hydrogen-bond donors (Lipinski definition) is 1. The second-order valence-corrected chi connectivity index (χ2v) is 3.38. The van der Waals surface area contributed by atoms with Gasteiger partial charge in [-0.25, -0.2) is 4.98 Å². The Kier molecular flexibility index (Phi) is 4.91. The van der Waals surface area contributed by atoms with Crippen molar-refractivity contribution >= 4 is 12.4 Å². The van der Waals surface area contributed by atoms with Gasteiger partial charge in [0.1, 0.15) is 5.82 Å². The molecule has 0 aliphatic rings. The van der Waals surface area contributed by atoms with Crippen LogP contribution in [-0.2, 0) is 12.8 Å². The molecule has 0 saturated heterocycles. The quantitative estimate of drug-likeness (QED) is 0.847. The molecule has 0 spiro atoms. The molecule has 0 atom stereocenters. The lowest BCUT2D eigenvalue weighted by Crippen LogP contribution is -1.91. The molecule has 1 N–H and O–H groups in total. The topological polar surface area (TPSA) is 28.7 Å². The number of rotatable bonds is 4. The Hall–Kier alpha value is -1.28. The Morgan fingerprint density at radius 2 is 1.87 bits per heavy atom. The van der Waals surface area contributed by atoms with Crippen molar-refractivity contribution in [2.24, 2.45) is 0 Å². The average Bonchev–Trinajstić information content (AvgIpc) is 2.72. The second kappa shape index (κ2) is 6.25. The van der Waals surface area contributed by atoms with Crippen LogP contribution in [0.5, 0.6) is 0 Å². The zero-order valence-corrected chi connectivity index (χ0v) is 9.33. The molecule has 2 rings (SSSR count). The van der Waals surface area contributed by atoms with Crippen LogP contribution in [-0.4, -0.2) is 9.97 Å². The predicted octanol–water partition coefficient (Wildman–Crippen LogP) is 3.01. The fourth-order valence-corrected chi connectivity index (χ4v) is 1.54. The number of nitrogens with one attached hydrogen (secondary N) is 1. The smallest absolute Gasteiger partial charge is 0.106 e. The number of aromatic nitrogens is 2. The van der Waals surface area contributed by atoms with E-state index in [9.17, 15) is 0 Å². The largest absolute Gasteiger partial charge is 0.349 e. The lowest BCUT2D eigenvalue weighted by Gasteiger charge is -1.99. The molecule has 1 heterocycles. The third-order valence-corrected chi connectivity index (χ3v) is 2.28. The highest BCUT2D eigenvalue weighted by molar-refractivity contribution is 5.85. The van der Waals surface area contributed by atoms with E-state index in [1.54, 1.807) is 6.20 Å². The minimum Gasteiger partial charge on any atom is -0.349 e. The number of aromatic amines is 1. The summed E-state index contributed by atoms with van der Waals surface area (Å²) in [6.07, 6.45) is 6.98. The van der Waals surface area contributed by atoms with E-state index in [-0.39, 0.29) is 12.4 Å². The molecule has 1 aromatic heterocycles. The van der Waals surface area contributed by atoms with Gasteiger partial charge < -0.3 is 4.98 Å². The van der Waals surface area contributed by atoms with Gasteiger partial charge in [0.05, 0.1) is 0 Å². The Morgan fingerprint density at radius 1 is 1.07 bits per heavy atom. The van der Waals surface area contributed by atoms with E-state index in [4.69, 9.17) is 0 Å². The van der Waals surface area contributed by atoms with Gasteiger partial charge in [-0.3, -0.25) is 0 Å². The van der Waals surface area contributed by atoms with E-state index in [1.807, 2.05) is 6.20 Å². The van der Waals surface area contributed by atoms with Gasteiger partial charge in [0.15, 0.2) is 0 Å². The highest BCUT2D eigenvalue weighted by atomic mass is 35.5. The summed E-state index contributed by atoms with van der Waals surface area (Å²) < 4.78 is 0. The zero-order chi connectivity index (χ0) is 9.64. The molecular weight excluding hydrogens is 208 g/mol. The normalized spacial score (nSPS) is 9.60. The van der Waals surface area contributed by atoms with Crippen LogP contribution in [0.25, 0.3) is 0 Å². The minimum absolute atomic E-state index is 0. The van der Waals surface area contributed by atoms with Gasteiger partial charge in [0.25, 0.3) is 0 Å². The molecule has 80 valence electrons. The molecule has 0 bridgehead atoms. The number of nitrogens with zero attached hydrogens (tertiary/aromatic N) is 1. The summed E-state index contributed by atoms with van der Waals surface area (Å²) in [7, 11) is 0. The van der Waals surface area contributed by atoms with Gasteiger partial charge in [0, 0.05) is 18.8 Å². The highest BCUT2D eigenvalue weighted by Crippen LogP contribution is 2.04. The highest BCUT2D eigenvalue weighted by Gasteiger charge is 1.95. The van der Waals surface area contributed by atoms with Crippen LogP contribution in [0, 0.1) is 0 Å². The number of imidazole rings is 1. The summed E-state index contributed by atoms with van der Waals surface area (Å²) in [4.78, 5) is 7.30. The molecule has 15 heavy (non-hydrogen) atoms. The number of aryl methyl sites for hydroxylation is 2. The molecule has 0 saturated carbocycles. The van der Waals surface area contributed by atoms with E-state index in [1.165, 1.54) is 5.56 Å². The molecule has 1 aromatic carbocycles. The van der Waals surface area contributed by atoms with E-state index in [2.05, 4.69) is 40.3 Å². The lowest BCUT2D eigenvalue weighted by molar-refractivity contribution is 0.783. The Labute approximate surface area is 96.2 Å². The standard InChI is InChI=1S/C12H14N2.ClH/c1-2-5-11(6-3-1)7-4-8-12-13-9-10-14-12;/h1-3,5-6,9-10H,4,7-8H2,(H,13,14);1H. The second-order valence-electron chi connectivity index (χ2n) is 3.38. The maximum atomic E-state index is 4.19. The SMILES string of the molecule is Cl.c1ccc(CCCc2ncc[nH]2)cc1. The summed E-state index contributed by atoms with van der Waals surface area (Å²) in [5, 5.41) is 0. The summed E-state index contributed by atoms with van der Waals surface area (Å²) >= 11 is 0. The van der Waals surface area contributed by atoms with Crippen LogP contribution in [0.3, 0.4) is 0 Å². The van der Waals surface area contributed by atoms with Crippen LogP contribution in [0.15, 0.2) is 42.7 Å². The predicted molar refractivity (Wildman–Crippen MR) is 64.3 cm³/mol. The molecule has 3 heteroatoms. The van der Waals surface area contributed by atoms with E-state index in [0.29, 0.717) is 0 Å². The first-order valence-corrected chi connectivity index (χ1v) is 4.97. The summed E-state index contributed by atoms with van der Waals surface area (Å²) in [5.41, 5.74) is 1.40. The van der Waals surface area contributed by atoms with Crippen LogP contribution < -0.4 is 0 Å². The van der Waals surface area contributed by atoms with Gasteiger partial charge in [-0.05, 0) is 18.4 Å².